The molecule has 2 N–H and O–H groups in total. The molecular weight excluding hydrogens is 289 g/mol. The maximum atomic E-state index is 12.3. The van der Waals surface area contributed by atoms with Gasteiger partial charge in [-0.05, 0) is 18.3 Å². The molecule has 1 rings (SSSR count). The number of nitrogens with two attached hydrogens (primary N) is 1. The first-order valence-corrected chi connectivity index (χ1v) is 5.30. The number of nitrogens with zero attached hydrogens (tertiary/aromatic N) is 3. The quantitative estimate of drug-likeness (QED) is 0.517. The molecule has 4 nitrogen and oxygen atoms in total. The molecule has 0 saturated carbocycles. The van der Waals surface area contributed by atoms with Crippen LogP contribution < -0.4 is 5.73 Å². The molecule has 0 aliphatic rings. The largest absolute Gasteiger partial charge is 0.417 e. The van der Waals surface area contributed by atoms with Crippen LogP contribution in [0.5, 0.6) is 0 Å². The number of alkyl halides is 3. The number of hydrazone groups is 1. The highest BCUT2D eigenvalue weighted by molar-refractivity contribution is 7.80. The molecule has 0 fully saturated rings. The Balaban J connectivity index is 2.97. The van der Waals surface area contributed by atoms with Crippen LogP contribution in [0.3, 0.4) is 0 Å². The second-order valence-corrected chi connectivity index (χ2v) is 4.02. The average Bonchev–Trinajstić information content (AvgIpc) is 2.25. The minimum Gasteiger partial charge on any atom is -0.375 e. The molecule has 18 heavy (non-hydrogen) atoms. The number of aromatic nitrogens is 1. The minimum absolute atomic E-state index is 0.00860. The van der Waals surface area contributed by atoms with Crippen LogP contribution in [0.25, 0.3) is 0 Å². The second kappa shape index (κ2) is 5.49. The lowest BCUT2D eigenvalue weighted by Gasteiger charge is -2.09. The Morgan fingerprint density at radius 2 is 2.22 bits per heavy atom. The Kier molecular flexibility index (Phi) is 4.47. The fourth-order valence-corrected chi connectivity index (χ4v) is 1.16. The fourth-order valence-electron chi connectivity index (χ4n) is 0.897. The van der Waals surface area contributed by atoms with Crippen molar-refractivity contribution in [3.63, 3.8) is 0 Å². The number of rotatable bonds is 2. The second-order valence-electron chi connectivity index (χ2n) is 3.20. The zero-order valence-electron chi connectivity index (χ0n) is 9.07. The summed E-state index contributed by atoms with van der Waals surface area (Å²) in [6.45, 7) is 0. The summed E-state index contributed by atoms with van der Waals surface area (Å²) in [5.41, 5.74) is 4.43. The van der Waals surface area contributed by atoms with Gasteiger partial charge in [0, 0.05) is 13.2 Å². The zero-order valence-corrected chi connectivity index (χ0v) is 10.6. The topological polar surface area (TPSA) is 54.5 Å². The molecule has 0 unspecified atom stereocenters. The summed E-state index contributed by atoms with van der Waals surface area (Å²) in [5, 5.41) is 4.76. The summed E-state index contributed by atoms with van der Waals surface area (Å²) < 4.78 is 37.0. The van der Waals surface area contributed by atoms with Crippen LogP contribution in [-0.4, -0.2) is 28.4 Å². The molecule has 0 aliphatic carbocycles. The van der Waals surface area contributed by atoms with Gasteiger partial charge in [0.2, 0.25) is 0 Å². The van der Waals surface area contributed by atoms with Gasteiger partial charge in [-0.1, -0.05) is 11.6 Å². The molecule has 0 aliphatic heterocycles. The van der Waals surface area contributed by atoms with Crippen molar-refractivity contribution in [1.29, 1.82) is 0 Å². The number of pyridine rings is 1. The molecule has 0 bridgehead atoms. The van der Waals surface area contributed by atoms with Crippen molar-refractivity contribution in [3.05, 3.63) is 28.5 Å². The Morgan fingerprint density at radius 1 is 1.61 bits per heavy atom. The Labute approximate surface area is 111 Å². The van der Waals surface area contributed by atoms with Crippen LogP contribution >= 0.6 is 23.8 Å². The summed E-state index contributed by atoms with van der Waals surface area (Å²) in [5.74, 6) is 0. The SMILES string of the molecule is CN(/N=C/c1ncc(C(F)(F)F)cc1Cl)C(N)=S. The molecule has 0 amide bonds. The van der Waals surface area contributed by atoms with E-state index >= 15 is 0 Å². The van der Waals surface area contributed by atoms with Gasteiger partial charge in [0.1, 0.15) is 5.69 Å². The third kappa shape index (κ3) is 3.81. The predicted octanol–water partition coefficient (Wildman–Crippen LogP) is 2.26. The van der Waals surface area contributed by atoms with Crippen molar-refractivity contribution < 1.29 is 13.2 Å². The van der Waals surface area contributed by atoms with E-state index in [4.69, 9.17) is 17.3 Å². The van der Waals surface area contributed by atoms with Gasteiger partial charge < -0.3 is 5.73 Å². The van der Waals surface area contributed by atoms with Crippen molar-refractivity contribution in [2.45, 2.75) is 6.18 Å². The third-order valence-electron chi connectivity index (χ3n) is 1.87. The highest BCUT2D eigenvalue weighted by atomic mass is 35.5. The summed E-state index contributed by atoms with van der Waals surface area (Å²) in [4.78, 5) is 3.56. The van der Waals surface area contributed by atoms with Crippen molar-refractivity contribution in [1.82, 2.24) is 9.99 Å². The first-order chi connectivity index (χ1) is 8.21. The van der Waals surface area contributed by atoms with Crippen LogP contribution in [0.1, 0.15) is 11.3 Å². The van der Waals surface area contributed by atoms with E-state index in [1.165, 1.54) is 13.3 Å². The van der Waals surface area contributed by atoms with E-state index in [0.717, 1.165) is 11.1 Å². The standard InChI is InChI=1S/C9H8ClF3N4S/c1-17(8(14)18)16-4-7-6(10)2-5(3-15-7)9(11,12)13/h2-4H,1H3,(H2,14,18)/b16-4+. The van der Waals surface area contributed by atoms with Gasteiger partial charge in [-0.2, -0.15) is 18.3 Å². The monoisotopic (exact) mass is 296 g/mol. The van der Waals surface area contributed by atoms with E-state index in [0.29, 0.717) is 6.20 Å². The van der Waals surface area contributed by atoms with Crippen LogP contribution in [0.4, 0.5) is 13.2 Å². The third-order valence-corrected chi connectivity index (χ3v) is 2.44. The van der Waals surface area contributed by atoms with E-state index in [1.807, 2.05) is 0 Å². The lowest BCUT2D eigenvalue weighted by atomic mass is 10.2. The molecule has 0 atom stereocenters. The number of halogens is 4. The molecule has 0 aromatic carbocycles. The first kappa shape index (κ1) is 14.7. The molecule has 1 aromatic heterocycles. The maximum Gasteiger partial charge on any atom is 0.417 e. The van der Waals surface area contributed by atoms with Gasteiger partial charge in [-0.3, -0.25) is 4.98 Å². The summed E-state index contributed by atoms with van der Waals surface area (Å²) in [6.07, 6.45) is -2.64. The van der Waals surface area contributed by atoms with Crippen molar-refractivity contribution in [3.8, 4) is 0 Å². The summed E-state index contributed by atoms with van der Waals surface area (Å²) in [7, 11) is 1.48. The van der Waals surface area contributed by atoms with Crippen LogP contribution in [0.15, 0.2) is 17.4 Å². The number of hydrogen-bond acceptors (Lipinski definition) is 3. The number of thiocarbonyl (C=S) groups is 1. The van der Waals surface area contributed by atoms with Gasteiger partial charge in [-0.15, -0.1) is 0 Å². The lowest BCUT2D eigenvalue weighted by molar-refractivity contribution is -0.137. The fraction of sp³-hybridized carbons (Fsp3) is 0.222. The smallest absolute Gasteiger partial charge is 0.375 e. The molecule has 0 saturated heterocycles. The van der Waals surface area contributed by atoms with Crippen molar-refractivity contribution in [2.75, 3.05) is 7.05 Å². The summed E-state index contributed by atoms with van der Waals surface area (Å²) in [6, 6.07) is 0.774. The van der Waals surface area contributed by atoms with Crippen LogP contribution in [0, 0.1) is 0 Å². The molecule has 1 aromatic rings. The predicted molar refractivity (Wildman–Crippen MR) is 66.4 cm³/mol. The Morgan fingerprint density at radius 3 is 2.67 bits per heavy atom. The van der Waals surface area contributed by atoms with Gasteiger partial charge in [0.25, 0.3) is 0 Å². The highest BCUT2D eigenvalue weighted by Gasteiger charge is 2.31. The van der Waals surface area contributed by atoms with Crippen molar-refractivity contribution >= 4 is 35.1 Å². The normalized spacial score (nSPS) is 11.8. The van der Waals surface area contributed by atoms with E-state index in [2.05, 4.69) is 22.3 Å². The Bertz CT molecular complexity index is 489. The highest BCUT2D eigenvalue weighted by Crippen LogP contribution is 2.30. The maximum absolute atomic E-state index is 12.3. The van der Waals surface area contributed by atoms with E-state index < -0.39 is 11.7 Å². The van der Waals surface area contributed by atoms with Gasteiger partial charge >= 0.3 is 6.18 Å². The van der Waals surface area contributed by atoms with Crippen molar-refractivity contribution in [2.24, 2.45) is 10.8 Å². The average molecular weight is 297 g/mol. The molecule has 0 spiro atoms. The van der Waals surface area contributed by atoms with Crippen LogP contribution in [0.2, 0.25) is 5.02 Å². The van der Waals surface area contributed by atoms with Gasteiger partial charge in [0.15, 0.2) is 5.11 Å². The van der Waals surface area contributed by atoms with Gasteiger partial charge in [-0.25, -0.2) is 5.01 Å². The molecule has 9 heteroatoms. The molecular formula is C9H8ClF3N4S. The minimum atomic E-state index is -4.48. The first-order valence-electron chi connectivity index (χ1n) is 4.51. The van der Waals surface area contributed by atoms with E-state index in [1.54, 1.807) is 0 Å². The molecule has 0 radical (unpaired) electrons. The summed E-state index contributed by atoms with van der Waals surface area (Å²) >= 11 is 10.3. The van der Waals surface area contributed by atoms with E-state index in [9.17, 15) is 13.2 Å². The molecule has 1 heterocycles. The zero-order chi connectivity index (χ0) is 13.9. The van der Waals surface area contributed by atoms with Gasteiger partial charge in [0.05, 0.1) is 16.8 Å². The molecule has 98 valence electrons. The van der Waals surface area contributed by atoms with E-state index in [-0.39, 0.29) is 15.8 Å². The Hall–Kier alpha value is -1.41. The lowest BCUT2D eigenvalue weighted by Crippen LogP contribution is -2.27. The number of hydrogen-bond donors (Lipinski definition) is 1. The van der Waals surface area contributed by atoms with Crippen LogP contribution in [-0.2, 0) is 6.18 Å².